The summed E-state index contributed by atoms with van der Waals surface area (Å²) in [6, 6.07) is 0. The van der Waals surface area contributed by atoms with E-state index in [0.717, 1.165) is 19.7 Å². The van der Waals surface area contributed by atoms with E-state index in [9.17, 15) is 0 Å². The second kappa shape index (κ2) is 12.5. The van der Waals surface area contributed by atoms with E-state index in [1.54, 1.807) is 7.11 Å². The van der Waals surface area contributed by atoms with Crippen molar-refractivity contribution in [1.29, 1.82) is 0 Å². The fourth-order valence-corrected chi connectivity index (χ4v) is 2.43. The summed E-state index contributed by atoms with van der Waals surface area (Å²) in [6.07, 6.45) is 2.75. The largest absolute Gasteiger partial charge is 0.382 e. The van der Waals surface area contributed by atoms with Crippen LogP contribution in [0.4, 0.5) is 0 Å². The highest BCUT2D eigenvalue weighted by Crippen LogP contribution is 2.09. The lowest BCUT2D eigenvalue weighted by atomic mass is 10.1. The summed E-state index contributed by atoms with van der Waals surface area (Å²) in [5.74, 6) is 0.713. The molecule has 5 heteroatoms. The van der Waals surface area contributed by atoms with Gasteiger partial charge in [-0.05, 0) is 38.4 Å². The maximum atomic E-state index is 5.49. The van der Waals surface area contributed by atoms with Crippen LogP contribution in [-0.4, -0.2) is 77.8 Å². The van der Waals surface area contributed by atoms with E-state index in [4.69, 9.17) is 14.2 Å². The zero-order chi connectivity index (χ0) is 14.5. The SMILES string of the molecule is COCCOCCOCCNCC(C)CN1CCCC1. The highest BCUT2D eigenvalue weighted by molar-refractivity contribution is 4.69. The van der Waals surface area contributed by atoms with Gasteiger partial charge in [0.1, 0.15) is 0 Å². The Balaban J connectivity index is 1.77. The molecule has 1 atom stereocenters. The van der Waals surface area contributed by atoms with Gasteiger partial charge in [-0.1, -0.05) is 6.92 Å². The number of hydrogen-bond acceptors (Lipinski definition) is 5. The molecule has 1 unspecified atom stereocenters. The van der Waals surface area contributed by atoms with E-state index in [1.807, 2.05) is 0 Å². The average molecular weight is 288 g/mol. The summed E-state index contributed by atoms with van der Waals surface area (Å²) >= 11 is 0. The van der Waals surface area contributed by atoms with Gasteiger partial charge in [0.2, 0.25) is 0 Å². The minimum absolute atomic E-state index is 0.645. The molecule has 1 fully saturated rings. The standard InChI is InChI=1S/C15H32N2O3/c1-15(14-17-6-3-4-7-17)13-16-5-8-19-11-12-20-10-9-18-2/h15-16H,3-14H2,1-2H3. The number of hydrogen-bond donors (Lipinski definition) is 1. The molecule has 0 amide bonds. The predicted octanol–water partition coefficient (Wildman–Crippen LogP) is 0.988. The van der Waals surface area contributed by atoms with E-state index in [2.05, 4.69) is 17.1 Å². The first kappa shape index (κ1) is 17.9. The quantitative estimate of drug-likeness (QED) is 0.512. The van der Waals surface area contributed by atoms with Crippen LogP contribution in [0, 0.1) is 5.92 Å². The van der Waals surface area contributed by atoms with E-state index >= 15 is 0 Å². The van der Waals surface area contributed by atoms with Crippen LogP contribution in [0.3, 0.4) is 0 Å². The molecule has 1 heterocycles. The summed E-state index contributed by atoms with van der Waals surface area (Å²) in [6.45, 7) is 11.5. The minimum Gasteiger partial charge on any atom is -0.382 e. The van der Waals surface area contributed by atoms with Gasteiger partial charge >= 0.3 is 0 Å². The van der Waals surface area contributed by atoms with E-state index in [1.165, 1.54) is 32.5 Å². The molecule has 0 aromatic rings. The molecule has 0 aromatic carbocycles. The minimum atomic E-state index is 0.645. The Bertz CT molecular complexity index is 211. The normalized spacial score (nSPS) is 17.7. The highest BCUT2D eigenvalue weighted by atomic mass is 16.5. The van der Waals surface area contributed by atoms with Crippen molar-refractivity contribution in [2.75, 3.05) is 72.9 Å². The second-order valence-corrected chi connectivity index (χ2v) is 5.53. The highest BCUT2D eigenvalue weighted by Gasteiger charge is 2.13. The molecule has 0 aliphatic carbocycles. The van der Waals surface area contributed by atoms with Crippen molar-refractivity contribution >= 4 is 0 Å². The van der Waals surface area contributed by atoms with Gasteiger partial charge in [-0.3, -0.25) is 0 Å². The first-order valence-electron chi connectivity index (χ1n) is 7.90. The third kappa shape index (κ3) is 9.66. The first-order chi connectivity index (χ1) is 9.83. The monoisotopic (exact) mass is 288 g/mol. The lowest BCUT2D eigenvalue weighted by Crippen LogP contribution is -2.33. The Morgan fingerprint density at radius 2 is 1.65 bits per heavy atom. The van der Waals surface area contributed by atoms with E-state index in [-0.39, 0.29) is 0 Å². The molecule has 0 saturated carbocycles. The molecule has 1 aliphatic rings. The lowest BCUT2D eigenvalue weighted by molar-refractivity contribution is 0.0254. The number of methoxy groups -OCH3 is 1. The summed E-state index contributed by atoms with van der Waals surface area (Å²) in [5, 5.41) is 3.46. The van der Waals surface area contributed by atoms with Gasteiger partial charge in [0.25, 0.3) is 0 Å². The number of ether oxygens (including phenoxy) is 3. The molecule has 0 bridgehead atoms. The van der Waals surface area contributed by atoms with E-state index < -0.39 is 0 Å². The predicted molar refractivity (Wildman–Crippen MR) is 81.2 cm³/mol. The molecule has 1 saturated heterocycles. The van der Waals surface area contributed by atoms with Crippen LogP contribution in [0.2, 0.25) is 0 Å². The van der Waals surface area contributed by atoms with Crippen LogP contribution in [0.1, 0.15) is 19.8 Å². The first-order valence-corrected chi connectivity index (χ1v) is 7.90. The summed E-state index contributed by atoms with van der Waals surface area (Å²) in [4.78, 5) is 2.57. The zero-order valence-electron chi connectivity index (χ0n) is 13.2. The fraction of sp³-hybridized carbons (Fsp3) is 1.00. The van der Waals surface area contributed by atoms with Crippen LogP contribution in [0.15, 0.2) is 0 Å². The van der Waals surface area contributed by atoms with Crippen molar-refractivity contribution in [3.8, 4) is 0 Å². The summed E-state index contributed by atoms with van der Waals surface area (Å²) < 4.78 is 15.7. The Morgan fingerprint density at radius 3 is 2.35 bits per heavy atom. The molecule has 0 spiro atoms. The Labute approximate surface area is 123 Å². The Hall–Kier alpha value is -0.200. The van der Waals surface area contributed by atoms with Crippen molar-refractivity contribution in [3.05, 3.63) is 0 Å². The number of likely N-dealkylation sites (tertiary alicyclic amines) is 1. The molecular formula is C15H32N2O3. The van der Waals surface area contributed by atoms with Crippen molar-refractivity contribution in [1.82, 2.24) is 10.2 Å². The van der Waals surface area contributed by atoms with Gasteiger partial charge in [0.15, 0.2) is 0 Å². The van der Waals surface area contributed by atoms with Gasteiger partial charge in [0, 0.05) is 20.2 Å². The zero-order valence-corrected chi connectivity index (χ0v) is 13.2. The summed E-state index contributed by atoms with van der Waals surface area (Å²) in [5.41, 5.74) is 0. The maximum absolute atomic E-state index is 5.49. The molecule has 0 aromatic heterocycles. The lowest BCUT2D eigenvalue weighted by Gasteiger charge is -2.20. The van der Waals surface area contributed by atoms with Crippen molar-refractivity contribution in [2.45, 2.75) is 19.8 Å². The van der Waals surface area contributed by atoms with Crippen molar-refractivity contribution < 1.29 is 14.2 Å². The van der Waals surface area contributed by atoms with Gasteiger partial charge in [-0.15, -0.1) is 0 Å². The Kier molecular flexibility index (Phi) is 11.2. The van der Waals surface area contributed by atoms with Crippen LogP contribution in [0.5, 0.6) is 0 Å². The number of rotatable bonds is 13. The molecular weight excluding hydrogens is 256 g/mol. The van der Waals surface area contributed by atoms with Gasteiger partial charge in [-0.25, -0.2) is 0 Å². The van der Waals surface area contributed by atoms with E-state index in [0.29, 0.717) is 32.3 Å². The Morgan fingerprint density at radius 1 is 1.00 bits per heavy atom. The fourth-order valence-electron chi connectivity index (χ4n) is 2.43. The molecule has 5 nitrogen and oxygen atoms in total. The smallest absolute Gasteiger partial charge is 0.0701 e. The molecule has 1 aliphatic heterocycles. The topological polar surface area (TPSA) is 43.0 Å². The van der Waals surface area contributed by atoms with Gasteiger partial charge in [0.05, 0.1) is 33.0 Å². The van der Waals surface area contributed by atoms with Crippen LogP contribution in [-0.2, 0) is 14.2 Å². The van der Waals surface area contributed by atoms with Crippen molar-refractivity contribution in [3.63, 3.8) is 0 Å². The average Bonchev–Trinajstić information content (AvgIpc) is 2.93. The molecule has 120 valence electrons. The number of nitrogens with one attached hydrogen (secondary N) is 1. The maximum Gasteiger partial charge on any atom is 0.0701 e. The molecule has 1 rings (SSSR count). The summed E-state index contributed by atoms with van der Waals surface area (Å²) in [7, 11) is 1.68. The third-order valence-electron chi connectivity index (χ3n) is 3.49. The molecule has 20 heavy (non-hydrogen) atoms. The van der Waals surface area contributed by atoms with Crippen LogP contribution in [0.25, 0.3) is 0 Å². The third-order valence-corrected chi connectivity index (χ3v) is 3.49. The van der Waals surface area contributed by atoms with Gasteiger partial charge in [-0.2, -0.15) is 0 Å². The molecule has 0 radical (unpaired) electrons. The van der Waals surface area contributed by atoms with Crippen LogP contribution < -0.4 is 5.32 Å². The second-order valence-electron chi connectivity index (χ2n) is 5.53. The number of nitrogens with zero attached hydrogens (tertiary/aromatic N) is 1. The van der Waals surface area contributed by atoms with Crippen molar-refractivity contribution in [2.24, 2.45) is 5.92 Å². The van der Waals surface area contributed by atoms with Crippen LogP contribution >= 0.6 is 0 Å². The molecule has 1 N–H and O–H groups in total. The van der Waals surface area contributed by atoms with Gasteiger partial charge < -0.3 is 24.4 Å².